The summed E-state index contributed by atoms with van der Waals surface area (Å²) in [6, 6.07) is 6.61. The molecule has 1 aromatic heterocycles. The van der Waals surface area contributed by atoms with Gasteiger partial charge in [0.15, 0.2) is 0 Å². The fourth-order valence-corrected chi connectivity index (χ4v) is 3.70. The molecule has 1 fully saturated rings. The van der Waals surface area contributed by atoms with Crippen LogP contribution in [0.15, 0.2) is 18.2 Å². The minimum atomic E-state index is 0.742. The molecule has 1 heterocycles. The van der Waals surface area contributed by atoms with Gasteiger partial charge >= 0.3 is 0 Å². The third kappa shape index (κ3) is 1.86. The van der Waals surface area contributed by atoms with Crippen molar-refractivity contribution in [1.29, 1.82) is 0 Å². The maximum Gasteiger partial charge on any atom is 0.0969 e. The van der Waals surface area contributed by atoms with Crippen LogP contribution in [0.5, 0.6) is 0 Å². The number of nitrogens with zero attached hydrogens (tertiary/aromatic N) is 1. The molecule has 0 amide bonds. The van der Waals surface area contributed by atoms with Crippen LogP contribution in [0.25, 0.3) is 10.2 Å². The molecular weight excluding hydrogens is 214 g/mol. The van der Waals surface area contributed by atoms with Crippen molar-refractivity contribution < 1.29 is 0 Å². The molecular formula is C14H17NS. The second-order valence-corrected chi connectivity index (χ2v) is 5.92. The molecule has 0 spiro atoms. The Morgan fingerprint density at radius 3 is 2.81 bits per heavy atom. The van der Waals surface area contributed by atoms with Crippen molar-refractivity contribution in [2.75, 3.05) is 0 Å². The van der Waals surface area contributed by atoms with Gasteiger partial charge in [-0.15, -0.1) is 11.3 Å². The van der Waals surface area contributed by atoms with Gasteiger partial charge in [-0.1, -0.05) is 25.3 Å². The van der Waals surface area contributed by atoms with Crippen LogP contribution in [-0.4, -0.2) is 4.98 Å². The number of hydrogen-bond acceptors (Lipinski definition) is 2. The highest BCUT2D eigenvalue weighted by Gasteiger charge is 2.18. The van der Waals surface area contributed by atoms with Gasteiger partial charge in [-0.3, -0.25) is 0 Å². The van der Waals surface area contributed by atoms with Gasteiger partial charge in [-0.2, -0.15) is 0 Å². The Hall–Kier alpha value is -0.890. The zero-order valence-corrected chi connectivity index (χ0v) is 10.5. The maximum absolute atomic E-state index is 4.82. The van der Waals surface area contributed by atoms with E-state index in [1.54, 1.807) is 0 Å². The number of hydrogen-bond donors (Lipinski definition) is 0. The molecule has 84 valence electrons. The Kier molecular flexibility index (Phi) is 2.68. The lowest BCUT2D eigenvalue weighted by Gasteiger charge is -2.18. The summed E-state index contributed by atoms with van der Waals surface area (Å²) in [5.41, 5.74) is 2.51. The molecule has 1 aromatic carbocycles. The summed E-state index contributed by atoms with van der Waals surface area (Å²) in [7, 11) is 0. The summed E-state index contributed by atoms with van der Waals surface area (Å²) in [5, 5.41) is 1.38. The number of rotatable bonds is 1. The van der Waals surface area contributed by atoms with Crippen molar-refractivity contribution in [3.05, 3.63) is 28.8 Å². The van der Waals surface area contributed by atoms with Crippen molar-refractivity contribution in [2.45, 2.75) is 44.9 Å². The van der Waals surface area contributed by atoms with Gasteiger partial charge in [0.2, 0.25) is 0 Å². The highest BCUT2D eigenvalue weighted by atomic mass is 32.1. The molecule has 0 atom stereocenters. The summed E-state index contributed by atoms with van der Waals surface area (Å²) in [5.74, 6) is 0.742. The molecule has 1 aliphatic rings. The number of aryl methyl sites for hydroxylation is 1. The predicted molar refractivity (Wildman–Crippen MR) is 70.2 cm³/mol. The van der Waals surface area contributed by atoms with E-state index in [0.29, 0.717) is 0 Å². The molecule has 3 rings (SSSR count). The molecule has 16 heavy (non-hydrogen) atoms. The molecule has 2 aromatic rings. The molecule has 1 aliphatic carbocycles. The van der Waals surface area contributed by atoms with E-state index in [0.717, 1.165) is 5.92 Å². The zero-order valence-electron chi connectivity index (χ0n) is 9.70. The largest absolute Gasteiger partial charge is 0.241 e. The minimum absolute atomic E-state index is 0.742. The van der Waals surface area contributed by atoms with Crippen molar-refractivity contribution in [2.24, 2.45) is 0 Å². The van der Waals surface area contributed by atoms with Gasteiger partial charge in [0.25, 0.3) is 0 Å². The highest BCUT2D eigenvalue weighted by molar-refractivity contribution is 7.18. The van der Waals surface area contributed by atoms with Crippen LogP contribution in [0.2, 0.25) is 0 Å². The van der Waals surface area contributed by atoms with E-state index in [9.17, 15) is 0 Å². The first-order chi connectivity index (χ1) is 7.83. The highest BCUT2D eigenvalue weighted by Crippen LogP contribution is 2.36. The SMILES string of the molecule is Cc1ccc2sc(C3CCCCC3)nc2c1. The third-order valence-electron chi connectivity index (χ3n) is 3.51. The Labute approximate surface area is 101 Å². The predicted octanol–water partition coefficient (Wildman–Crippen LogP) is 4.65. The van der Waals surface area contributed by atoms with Gasteiger partial charge < -0.3 is 0 Å². The van der Waals surface area contributed by atoms with E-state index in [1.807, 2.05) is 11.3 Å². The molecule has 0 N–H and O–H groups in total. The second kappa shape index (κ2) is 4.17. The number of fused-ring (bicyclic) bond motifs is 1. The van der Waals surface area contributed by atoms with E-state index in [-0.39, 0.29) is 0 Å². The van der Waals surface area contributed by atoms with Crippen molar-refractivity contribution in [1.82, 2.24) is 4.98 Å². The Bertz CT molecular complexity index is 494. The van der Waals surface area contributed by atoms with E-state index < -0.39 is 0 Å². The normalized spacial score (nSPS) is 18.1. The molecule has 1 saturated carbocycles. The van der Waals surface area contributed by atoms with Crippen LogP contribution in [-0.2, 0) is 0 Å². The topological polar surface area (TPSA) is 12.9 Å². The average Bonchev–Trinajstić information content (AvgIpc) is 2.73. The second-order valence-electron chi connectivity index (χ2n) is 4.86. The smallest absolute Gasteiger partial charge is 0.0969 e. The van der Waals surface area contributed by atoms with Gasteiger partial charge in [0, 0.05) is 5.92 Å². The lowest BCUT2D eigenvalue weighted by Crippen LogP contribution is -2.03. The molecule has 0 aliphatic heterocycles. The molecule has 0 radical (unpaired) electrons. The molecule has 0 unspecified atom stereocenters. The van der Waals surface area contributed by atoms with Crippen molar-refractivity contribution in [3.8, 4) is 0 Å². The molecule has 1 nitrogen and oxygen atoms in total. The van der Waals surface area contributed by atoms with Gasteiger partial charge in [0.1, 0.15) is 0 Å². The van der Waals surface area contributed by atoms with Crippen molar-refractivity contribution in [3.63, 3.8) is 0 Å². The number of aromatic nitrogens is 1. The van der Waals surface area contributed by atoms with Crippen LogP contribution in [0.3, 0.4) is 0 Å². The van der Waals surface area contributed by atoms with Crippen LogP contribution < -0.4 is 0 Å². The van der Waals surface area contributed by atoms with Gasteiger partial charge in [-0.05, 0) is 37.5 Å². The van der Waals surface area contributed by atoms with Gasteiger partial charge in [-0.25, -0.2) is 4.98 Å². The standard InChI is InChI=1S/C14H17NS/c1-10-7-8-13-12(9-10)15-14(16-13)11-5-3-2-4-6-11/h7-9,11H,2-6H2,1H3. The fourth-order valence-electron chi connectivity index (χ4n) is 2.58. The first-order valence-electron chi connectivity index (χ1n) is 6.20. The molecule has 2 heteroatoms. The maximum atomic E-state index is 4.82. The number of thiazole rings is 1. The fraction of sp³-hybridized carbons (Fsp3) is 0.500. The van der Waals surface area contributed by atoms with E-state index in [4.69, 9.17) is 4.98 Å². The Morgan fingerprint density at radius 1 is 1.19 bits per heavy atom. The van der Waals surface area contributed by atoms with E-state index in [1.165, 1.54) is 52.9 Å². The summed E-state index contributed by atoms with van der Waals surface area (Å²) in [6.45, 7) is 2.14. The summed E-state index contributed by atoms with van der Waals surface area (Å²) in [4.78, 5) is 4.82. The number of benzene rings is 1. The summed E-state index contributed by atoms with van der Waals surface area (Å²) < 4.78 is 1.35. The van der Waals surface area contributed by atoms with Crippen LogP contribution in [0.4, 0.5) is 0 Å². The first-order valence-corrected chi connectivity index (χ1v) is 7.02. The van der Waals surface area contributed by atoms with Crippen LogP contribution in [0, 0.1) is 6.92 Å². The monoisotopic (exact) mass is 231 g/mol. The average molecular weight is 231 g/mol. The lowest BCUT2D eigenvalue weighted by molar-refractivity contribution is 0.443. The molecule has 0 saturated heterocycles. The van der Waals surface area contributed by atoms with Gasteiger partial charge in [0.05, 0.1) is 15.2 Å². The Balaban J connectivity index is 1.97. The van der Waals surface area contributed by atoms with E-state index in [2.05, 4.69) is 25.1 Å². The summed E-state index contributed by atoms with van der Waals surface area (Å²) >= 11 is 1.90. The lowest BCUT2D eigenvalue weighted by atomic mass is 9.90. The van der Waals surface area contributed by atoms with E-state index >= 15 is 0 Å². The quantitative estimate of drug-likeness (QED) is 0.696. The molecule has 0 bridgehead atoms. The zero-order chi connectivity index (χ0) is 11.0. The Morgan fingerprint density at radius 2 is 2.00 bits per heavy atom. The third-order valence-corrected chi connectivity index (χ3v) is 4.71. The minimum Gasteiger partial charge on any atom is -0.241 e. The first kappa shape index (κ1) is 10.3. The van der Waals surface area contributed by atoms with Crippen molar-refractivity contribution >= 4 is 21.6 Å². The summed E-state index contributed by atoms with van der Waals surface area (Å²) in [6.07, 6.45) is 6.89. The van der Waals surface area contributed by atoms with Crippen LogP contribution >= 0.6 is 11.3 Å². The van der Waals surface area contributed by atoms with Crippen LogP contribution in [0.1, 0.15) is 48.6 Å².